The lowest BCUT2D eigenvalue weighted by Gasteiger charge is -2.24. The Balaban J connectivity index is 2.95. The number of nitriles is 1. The van der Waals surface area contributed by atoms with Crippen LogP contribution in [0.25, 0.3) is 0 Å². The molecular weight excluding hydrogens is 341 g/mol. The highest BCUT2D eigenvalue weighted by molar-refractivity contribution is 5.90. The van der Waals surface area contributed by atoms with Crippen molar-refractivity contribution < 1.29 is 23.5 Å². The van der Waals surface area contributed by atoms with Crippen molar-refractivity contribution in [1.82, 2.24) is 10.6 Å². The fourth-order valence-electron chi connectivity index (χ4n) is 2.39. The summed E-state index contributed by atoms with van der Waals surface area (Å²) in [4.78, 5) is 36.0. The molecule has 8 heteroatoms. The molecule has 0 aliphatic rings. The Bertz CT molecular complexity index is 685. The van der Waals surface area contributed by atoms with Crippen molar-refractivity contribution in [2.45, 2.75) is 38.8 Å². The molecule has 2 N–H and O–H groups in total. The molecule has 0 heterocycles. The summed E-state index contributed by atoms with van der Waals surface area (Å²) in [7, 11) is 1.18. The highest BCUT2D eigenvalue weighted by atomic mass is 19.1. The number of benzene rings is 1. The van der Waals surface area contributed by atoms with Crippen LogP contribution in [-0.4, -0.2) is 37.0 Å². The monoisotopic (exact) mass is 363 g/mol. The van der Waals surface area contributed by atoms with Gasteiger partial charge in [-0.3, -0.25) is 9.59 Å². The van der Waals surface area contributed by atoms with E-state index in [9.17, 15) is 18.8 Å². The first-order valence-corrected chi connectivity index (χ1v) is 8.05. The maximum Gasteiger partial charge on any atom is 0.328 e. The summed E-state index contributed by atoms with van der Waals surface area (Å²) in [6.45, 7) is 2.90. The van der Waals surface area contributed by atoms with E-state index in [-0.39, 0.29) is 12.8 Å². The van der Waals surface area contributed by atoms with Gasteiger partial charge in [0, 0.05) is 25.7 Å². The summed E-state index contributed by atoms with van der Waals surface area (Å²) < 4.78 is 17.7. The third kappa shape index (κ3) is 6.51. The lowest BCUT2D eigenvalue weighted by molar-refractivity contribution is -0.146. The first kappa shape index (κ1) is 21.1. The zero-order valence-electron chi connectivity index (χ0n) is 14.9. The number of ether oxygens (including phenoxy) is 1. The predicted octanol–water partition coefficient (Wildman–Crippen LogP) is 1.08. The highest BCUT2D eigenvalue weighted by Crippen LogP contribution is 2.11. The van der Waals surface area contributed by atoms with Gasteiger partial charge in [-0.2, -0.15) is 5.26 Å². The molecule has 2 amide bonds. The SMILES string of the molecule is COC(=O)[C@@H](NC(=O)[C@H](Cc1ccc(F)cc1)NC(C)=O)[C@@H](C)CC#N. The lowest BCUT2D eigenvalue weighted by Crippen LogP contribution is -2.54. The van der Waals surface area contributed by atoms with Crippen molar-refractivity contribution in [3.63, 3.8) is 0 Å². The number of methoxy groups -OCH3 is 1. The van der Waals surface area contributed by atoms with E-state index < -0.39 is 41.6 Å². The first-order valence-electron chi connectivity index (χ1n) is 8.05. The lowest BCUT2D eigenvalue weighted by atomic mass is 9.97. The summed E-state index contributed by atoms with van der Waals surface area (Å²) >= 11 is 0. The van der Waals surface area contributed by atoms with Gasteiger partial charge in [-0.05, 0) is 17.7 Å². The molecule has 1 aromatic rings. The van der Waals surface area contributed by atoms with Gasteiger partial charge in [0.05, 0.1) is 13.2 Å². The van der Waals surface area contributed by atoms with Crippen molar-refractivity contribution >= 4 is 17.8 Å². The molecule has 1 rings (SSSR count). The maximum absolute atomic E-state index is 13.0. The van der Waals surface area contributed by atoms with Gasteiger partial charge in [0.1, 0.15) is 17.9 Å². The van der Waals surface area contributed by atoms with Gasteiger partial charge in [-0.1, -0.05) is 19.1 Å². The van der Waals surface area contributed by atoms with E-state index in [1.165, 1.54) is 38.3 Å². The molecule has 0 spiro atoms. The van der Waals surface area contributed by atoms with Crippen molar-refractivity contribution in [2.75, 3.05) is 7.11 Å². The van der Waals surface area contributed by atoms with Crippen LogP contribution in [0.15, 0.2) is 24.3 Å². The zero-order valence-corrected chi connectivity index (χ0v) is 14.9. The van der Waals surface area contributed by atoms with E-state index in [0.717, 1.165) is 0 Å². The van der Waals surface area contributed by atoms with Crippen molar-refractivity contribution in [3.8, 4) is 6.07 Å². The number of rotatable bonds is 8. The van der Waals surface area contributed by atoms with Gasteiger partial charge in [-0.15, -0.1) is 0 Å². The minimum absolute atomic E-state index is 0.0445. The molecule has 0 aliphatic carbocycles. The average molecular weight is 363 g/mol. The fourth-order valence-corrected chi connectivity index (χ4v) is 2.39. The molecule has 0 radical (unpaired) electrons. The van der Waals surface area contributed by atoms with Crippen LogP contribution in [0.1, 0.15) is 25.8 Å². The molecule has 140 valence electrons. The second kappa shape index (κ2) is 10.1. The van der Waals surface area contributed by atoms with E-state index in [2.05, 4.69) is 15.4 Å². The number of halogens is 1. The Morgan fingerprint density at radius 2 is 1.85 bits per heavy atom. The number of amides is 2. The summed E-state index contributed by atoms with van der Waals surface area (Å²) in [6, 6.07) is 5.49. The molecule has 0 fully saturated rings. The van der Waals surface area contributed by atoms with Gasteiger partial charge >= 0.3 is 5.97 Å². The van der Waals surface area contributed by atoms with Gasteiger partial charge in [0.2, 0.25) is 11.8 Å². The maximum atomic E-state index is 13.0. The van der Waals surface area contributed by atoms with Gasteiger partial charge in [0.15, 0.2) is 0 Å². The van der Waals surface area contributed by atoms with Crippen molar-refractivity contribution in [2.24, 2.45) is 5.92 Å². The molecule has 0 aliphatic heterocycles. The van der Waals surface area contributed by atoms with Crippen LogP contribution in [0.2, 0.25) is 0 Å². The van der Waals surface area contributed by atoms with Crippen LogP contribution in [0.3, 0.4) is 0 Å². The number of hydrogen-bond acceptors (Lipinski definition) is 5. The zero-order chi connectivity index (χ0) is 19.7. The molecule has 0 unspecified atom stereocenters. The smallest absolute Gasteiger partial charge is 0.328 e. The third-order valence-electron chi connectivity index (χ3n) is 3.78. The average Bonchev–Trinajstić information content (AvgIpc) is 2.59. The Kier molecular flexibility index (Phi) is 8.22. The minimum Gasteiger partial charge on any atom is -0.467 e. The number of carbonyl (C=O) groups excluding carboxylic acids is 3. The second-order valence-corrected chi connectivity index (χ2v) is 5.93. The molecule has 0 saturated carbocycles. The third-order valence-corrected chi connectivity index (χ3v) is 3.78. The number of nitrogens with zero attached hydrogens (tertiary/aromatic N) is 1. The Hall–Kier alpha value is -2.95. The Morgan fingerprint density at radius 3 is 2.35 bits per heavy atom. The Morgan fingerprint density at radius 1 is 1.23 bits per heavy atom. The molecule has 7 nitrogen and oxygen atoms in total. The second-order valence-electron chi connectivity index (χ2n) is 5.93. The predicted molar refractivity (Wildman–Crippen MR) is 91.0 cm³/mol. The van der Waals surface area contributed by atoms with Crippen LogP contribution >= 0.6 is 0 Å². The fraction of sp³-hybridized carbons (Fsp3) is 0.444. The minimum atomic E-state index is -1.02. The highest BCUT2D eigenvalue weighted by Gasteiger charge is 2.30. The molecule has 0 bridgehead atoms. The largest absolute Gasteiger partial charge is 0.467 e. The molecule has 0 saturated heterocycles. The van der Waals surface area contributed by atoms with E-state index in [0.29, 0.717) is 5.56 Å². The number of carbonyl (C=O) groups is 3. The van der Waals surface area contributed by atoms with E-state index in [1.54, 1.807) is 6.92 Å². The van der Waals surface area contributed by atoms with Gasteiger partial charge < -0.3 is 15.4 Å². The molecule has 26 heavy (non-hydrogen) atoms. The molecule has 0 aromatic heterocycles. The van der Waals surface area contributed by atoms with Crippen molar-refractivity contribution in [1.29, 1.82) is 5.26 Å². The van der Waals surface area contributed by atoms with Gasteiger partial charge in [0.25, 0.3) is 0 Å². The summed E-state index contributed by atoms with van der Waals surface area (Å²) in [5.41, 5.74) is 0.639. The van der Waals surface area contributed by atoms with E-state index >= 15 is 0 Å². The van der Waals surface area contributed by atoms with E-state index in [4.69, 9.17) is 5.26 Å². The van der Waals surface area contributed by atoms with Crippen molar-refractivity contribution in [3.05, 3.63) is 35.6 Å². The number of esters is 1. The summed E-state index contributed by atoms with van der Waals surface area (Å²) in [5, 5.41) is 13.9. The summed E-state index contributed by atoms with van der Waals surface area (Å²) in [5.74, 6) is -2.58. The Labute approximate surface area is 151 Å². The molecule has 3 atom stereocenters. The van der Waals surface area contributed by atoms with Crippen LogP contribution in [-0.2, 0) is 25.5 Å². The topological polar surface area (TPSA) is 108 Å². The first-order chi connectivity index (χ1) is 12.3. The molecular formula is C18H22FN3O4. The number of nitrogens with one attached hydrogen (secondary N) is 2. The molecule has 1 aromatic carbocycles. The van der Waals surface area contributed by atoms with Gasteiger partial charge in [-0.25, -0.2) is 9.18 Å². The quantitative estimate of drug-likeness (QED) is 0.672. The van der Waals surface area contributed by atoms with Crippen LogP contribution in [0.5, 0.6) is 0 Å². The standard InChI is InChI=1S/C18H22FN3O4/c1-11(8-9-20)16(18(25)26-3)22-17(24)15(21-12(2)23)10-13-4-6-14(19)7-5-13/h4-7,11,15-16H,8,10H2,1-3H3,(H,21,23)(H,22,24)/t11-,15-,16-/m0/s1. The van der Waals surface area contributed by atoms with Crippen LogP contribution in [0, 0.1) is 23.1 Å². The van der Waals surface area contributed by atoms with E-state index in [1.807, 2.05) is 6.07 Å². The summed E-state index contributed by atoms with van der Waals surface area (Å²) in [6.07, 6.45) is 0.162. The number of hydrogen-bond donors (Lipinski definition) is 2. The normalized spacial score (nSPS) is 13.7. The van der Waals surface area contributed by atoms with Crippen LogP contribution in [0.4, 0.5) is 4.39 Å². The van der Waals surface area contributed by atoms with Crippen LogP contribution < -0.4 is 10.6 Å².